The van der Waals surface area contributed by atoms with E-state index in [-0.39, 0.29) is 19.3 Å². The van der Waals surface area contributed by atoms with Crippen LogP contribution in [0.5, 0.6) is 11.5 Å². The van der Waals surface area contributed by atoms with Crippen LogP contribution in [0.4, 0.5) is 0 Å². The minimum atomic E-state index is -1.00. The first-order chi connectivity index (χ1) is 12.0. The van der Waals surface area contributed by atoms with Crippen molar-refractivity contribution in [2.75, 3.05) is 14.2 Å². The molecule has 0 aliphatic heterocycles. The molecule has 0 bridgehead atoms. The van der Waals surface area contributed by atoms with Gasteiger partial charge in [-0.05, 0) is 18.6 Å². The van der Waals surface area contributed by atoms with Crippen molar-refractivity contribution in [1.82, 2.24) is 0 Å². The number of hydrogen-bond acceptors (Lipinski definition) is 4. The highest BCUT2D eigenvalue weighted by Crippen LogP contribution is 2.36. The first kappa shape index (κ1) is 18.3. The molecule has 0 fully saturated rings. The molecular formula is C19H20O6. The molecule has 0 heterocycles. The van der Waals surface area contributed by atoms with E-state index in [1.165, 1.54) is 0 Å². The van der Waals surface area contributed by atoms with E-state index in [9.17, 15) is 9.59 Å². The quantitative estimate of drug-likeness (QED) is 0.760. The van der Waals surface area contributed by atoms with Crippen LogP contribution >= 0.6 is 0 Å². The van der Waals surface area contributed by atoms with Crippen molar-refractivity contribution in [3.05, 3.63) is 41.5 Å². The van der Waals surface area contributed by atoms with Gasteiger partial charge in [0.05, 0.1) is 20.6 Å². The average molecular weight is 344 g/mol. The summed E-state index contributed by atoms with van der Waals surface area (Å²) in [7, 11) is 3.13. The molecule has 0 radical (unpaired) electrons. The largest absolute Gasteiger partial charge is 0.496 e. The second kappa shape index (κ2) is 8.19. The van der Waals surface area contributed by atoms with Crippen LogP contribution in [0.3, 0.4) is 0 Å². The Kier molecular flexibility index (Phi) is 6.00. The third kappa shape index (κ3) is 4.50. The standard InChI is InChI=1S/C19H20O6/c1-24-16-5-3-4-15-14(16)8-7-13(19(15)25-2)10-12(11-18(22)23)6-9-17(20)21/h3-5,7-8,10H,6,9,11H2,1-2H3,(H,20,21)(H,22,23). The Morgan fingerprint density at radius 1 is 0.960 bits per heavy atom. The van der Waals surface area contributed by atoms with Gasteiger partial charge >= 0.3 is 11.9 Å². The molecule has 0 aliphatic rings. The fraction of sp³-hybridized carbons (Fsp3) is 0.263. The van der Waals surface area contributed by atoms with Gasteiger partial charge in [0.15, 0.2) is 0 Å². The van der Waals surface area contributed by atoms with E-state index in [1.54, 1.807) is 20.3 Å². The number of hydrogen-bond donors (Lipinski definition) is 2. The number of rotatable bonds is 8. The molecule has 0 aliphatic carbocycles. The molecule has 2 aromatic carbocycles. The van der Waals surface area contributed by atoms with Crippen LogP contribution in [-0.4, -0.2) is 36.4 Å². The Bertz CT molecular complexity index is 822. The number of carboxylic acid groups (broad SMARTS) is 2. The molecule has 0 aromatic heterocycles. The number of methoxy groups -OCH3 is 2. The molecule has 132 valence electrons. The Hall–Kier alpha value is -3.02. The van der Waals surface area contributed by atoms with Crippen LogP contribution in [0.2, 0.25) is 0 Å². The highest BCUT2D eigenvalue weighted by molar-refractivity contribution is 5.96. The number of aliphatic carboxylic acids is 2. The van der Waals surface area contributed by atoms with Gasteiger partial charge in [-0.3, -0.25) is 9.59 Å². The van der Waals surface area contributed by atoms with E-state index in [2.05, 4.69) is 0 Å². The average Bonchev–Trinajstić information content (AvgIpc) is 2.58. The summed E-state index contributed by atoms with van der Waals surface area (Å²) in [5.74, 6) is -0.665. The highest BCUT2D eigenvalue weighted by atomic mass is 16.5. The summed E-state index contributed by atoms with van der Waals surface area (Å²) >= 11 is 0. The zero-order valence-electron chi connectivity index (χ0n) is 14.1. The first-order valence-corrected chi connectivity index (χ1v) is 7.73. The van der Waals surface area contributed by atoms with Crippen molar-refractivity contribution < 1.29 is 29.3 Å². The molecule has 0 atom stereocenters. The molecular weight excluding hydrogens is 324 g/mol. The van der Waals surface area contributed by atoms with Gasteiger partial charge in [0.25, 0.3) is 0 Å². The van der Waals surface area contributed by atoms with Crippen LogP contribution in [0, 0.1) is 0 Å². The van der Waals surface area contributed by atoms with E-state index in [0.717, 1.165) is 10.8 Å². The second-order valence-corrected chi connectivity index (χ2v) is 5.51. The summed E-state index contributed by atoms with van der Waals surface area (Å²) < 4.78 is 10.9. The van der Waals surface area contributed by atoms with Gasteiger partial charge in [0, 0.05) is 22.8 Å². The van der Waals surface area contributed by atoms with Crippen molar-refractivity contribution in [3.63, 3.8) is 0 Å². The number of carbonyl (C=O) groups is 2. The molecule has 25 heavy (non-hydrogen) atoms. The van der Waals surface area contributed by atoms with Crippen molar-refractivity contribution in [1.29, 1.82) is 0 Å². The SMILES string of the molecule is COc1cccc2c(OC)c(C=C(CCC(=O)O)CC(=O)O)ccc12. The van der Waals surface area contributed by atoms with Crippen LogP contribution in [-0.2, 0) is 9.59 Å². The highest BCUT2D eigenvalue weighted by Gasteiger charge is 2.12. The maximum absolute atomic E-state index is 11.1. The van der Waals surface area contributed by atoms with Gasteiger partial charge in [0.2, 0.25) is 0 Å². The minimum absolute atomic E-state index is 0.122. The van der Waals surface area contributed by atoms with Crippen molar-refractivity contribution >= 4 is 28.8 Å². The van der Waals surface area contributed by atoms with E-state index < -0.39 is 11.9 Å². The molecule has 6 heteroatoms. The summed E-state index contributed by atoms with van der Waals surface area (Å²) in [5.41, 5.74) is 1.22. The molecule has 2 aromatic rings. The second-order valence-electron chi connectivity index (χ2n) is 5.51. The third-order valence-corrected chi connectivity index (χ3v) is 3.82. The maximum atomic E-state index is 11.1. The van der Waals surface area contributed by atoms with Gasteiger partial charge in [0.1, 0.15) is 11.5 Å². The fourth-order valence-corrected chi connectivity index (χ4v) is 2.73. The molecule has 0 saturated carbocycles. The minimum Gasteiger partial charge on any atom is -0.496 e. The van der Waals surface area contributed by atoms with E-state index in [4.69, 9.17) is 19.7 Å². The van der Waals surface area contributed by atoms with Crippen LogP contribution < -0.4 is 9.47 Å². The van der Waals surface area contributed by atoms with Gasteiger partial charge in [-0.15, -0.1) is 0 Å². The number of carboxylic acids is 2. The summed E-state index contributed by atoms with van der Waals surface area (Å²) in [6, 6.07) is 9.27. The van der Waals surface area contributed by atoms with E-state index >= 15 is 0 Å². The Morgan fingerprint density at radius 2 is 1.72 bits per heavy atom. The number of benzene rings is 2. The predicted octanol–water partition coefficient (Wildman–Crippen LogP) is 3.58. The smallest absolute Gasteiger partial charge is 0.307 e. The van der Waals surface area contributed by atoms with Crippen molar-refractivity contribution in [2.45, 2.75) is 19.3 Å². The first-order valence-electron chi connectivity index (χ1n) is 7.73. The Morgan fingerprint density at radius 3 is 2.32 bits per heavy atom. The van der Waals surface area contributed by atoms with Crippen LogP contribution in [0.15, 0.2) is 35.9 Å². The number of fused-ring (bicyclic) bond motifs is 1. The zero-order chi connectivity index (χ0) is 18.4. The molecule has 2 rings (SSSR count). The zero-order valence-corrected chi connectivity index (χ0v) is 14.1. The van der Waals surface area contributed by atoms with Gasteiger partial charge in [-0.2, -0.15) is 0 Å². The molecule has 2 N–H and O–H groups in total. The lowest BCUT2D eigenvalue weighted by Gasteiger charge is -2.13. The summed E-state index contributed by atoms with van der Waals surface area (Å²) in [5, 5.41) is 19.6. The molecule has 0 unspecified atom stereocenters. The van der Waals surface area contributed by atoms with Crippen LogP contribution in [0.1, 0.15) is 24.8 Å². The van der Waals surface area contributed by atoms with Gasteiger partial charge in [-0.1, -0.05) is 29.8 Å². The topological polar surface area (TPSA) is 93.1 Å². The lowest BCUT2D eigenvalue weighted by atomic mass is 9.99. The lowest BCUT2D eigenvalue weighted by Crippen LogP contribution is -2.01. The lowest BCUT2D eigenvalue weighted by molar-refractivity contribution is -0.138. The molecule has 6 nitrogen and oxygen atoms in total. The van der Waals surface area contributed by atoms with Crippen molar-refractivity contribution in [2.24, 2.45) is 0 Å². The predicted molar refractivity (Wildman–Crippen MR) is 94.2 cm³/mol. The molecule has 0 amide bonds. The molecule has 0 saturated heterocycles. The fourth-order valence-electron chi connectivity index (χ4n) is 2.73. The summed E-state index contributed by atoms with van der Waals surface area (Å²) in [6.45, 7) is 0. The maximum Gasteiger partial charge on any atom is 0.307 e. The third-order valence-electron chi connectivity index (χ3n) is 3.82. The van der Waals surface area contributed by atoms with Gasteiger partial charge < -0.3 is 19.7 Å². The summed E-state index contributed by atoms with van der Waals surface area (Å²) in [6.07, 6.45) is 1.52. The molecule has 0 spiro atoms. The van der Waals surface area contributed by atoms with Crippen LogP contribution in [0.25, 0.3) is 16.8 Å². The van der Waals surface area contributed by atoms with Crippen molar-refractivity contribution in [3.8, 4) is 11.5 Å². The van der Waals surface area contributed by atoms with E-state index in [1.807, 2.05) is 30.3 Å². The Balaban J connectivity index is 2.53. The Labute approximate surface area is 145 Å². The van der Waals surface area contributed by atoms with E-state index in [0.29, 0.717) is 22.6 Å². The monoisotopic (exact) mass is 344 g/mol. The summed E-state index contributed by atoms with van der Waals surface area (Å²) in [4.78, 5) is 21.9. The van der Waals surface area contributed by atoms with Gasteiger partial charge in [-0.25, -0.2) is 0 Å². The number of ether oxygens (including phenoxy) is 2. The normalized spacial score (nSPS) is 11.4.